The van der Waals surface area contributed by atoms with Gasteiger partial charge in [0.2, 0.25) is 0 Å². The van der Waals surface area contributed by atoms with Crippen molar-refractivity contribution in [3.8, 4) is 11.4 Å². The van der Waals surface area contributed by atoms with Crippen LogP contribution in [0.3, 0.4) is 0 Å². The van der Waals surface area contributed by atoms with Gasteiger partial charge in [-0.1, -0.05) is 77.6 Å². The Morgan fingerprint density at radius 3 is 1.02 bits per heavy atom. The standard InChI is InChI=1S/C46H62N4/c1-9-13-29-49(30-14-10-2)43-21-17-39(18-22-43)35(5)37(7)41-25-27-47-45(33-41)46-34-42(26-28-48-46)38(8)36(6)40-19-23-44(24-20-40)50(31-15-11-3)32-16-12-4/h17-28,33-34H,9-16,29-32H2,1-8H3/b37-35+,38-36+. The van der Waals surface area contributed by atoms with E-state index in [4.69, 9.17) is 9.97 Å². The summed E-state index contributed by atoms with van der Waals surface area (Å²) >= 11 is 0. The summed E-state index contributed by atoms with van der Waals surface area (Å²) in [7, 11) is 0. The first-order chi connectivity index (χ1) is 24.3. The van der Waals surface area contributed by atoms with Crippen molar-refractivity contribution < 1.29 is 0 Å². The zero-order chi connectivity index (χ0) is 35.9. The van der Waals surface area contributed by atoms with Gasteiger partial charge < -0.3 is 9.80 Å². The smallest absolute Gasteiger partial charge is 0.0892 e. The summed E-state index contributed by atoms with van der Waals surface area (Å²) < 4.78 is 0. The van der Waals surface area contributed by atoms with Gasteiger partial charge in [-0.15, -0.1) is 0 Å². The number of benzene rings is 2. The van der Waals surface area contributed by atoms with E-state index < -0.39 is 0 Å². The first-order valence-corrected chi connectivity index (χ1v) is 19.3. The Hall–Kier alpha value is -4.18. The van der Waals surface area contributed by atoms with Gasteiger partial charge >= 0.3 is 0 Å². The van der Waals surface area contributed by atoms with Crippen molar-refractivity contribution in [1.82, 2.24) is 9.97 Å². The SMILES string of the molecule is CCCCN(CCCC)c1ccc(/C(C)=C(\C)c2ccnc(-c3cc(/C(C)=C(\C)c4ccc(N(CCCC)CCCC)cc4)ccn3)c2)cc1. The first-order valence-electron chi connectivity index (χ1n) is 19.3. The summed E-state index contributed by atoms with van der Waals surface area (Å²) in [6.07, 6.45) is 13.6. The van der Waals surface area contributed by atoms with Gasteiger partial charge in [-0.3, -0.25) is 9.97 Å². The van der Waals surface area contributed by atoms with Gasteiger partial charge in [0.05, 0.1) is 11.4 Å². The molecule has 2 heterocycles. The van der Waals surface area contributed by atoms with Crippen LogP contribution in [-0.4, -0.2) is 36.1 Å². The fraction of sp³-hybridized carbons (Fsp3) is 0.435. The molecule has 4 nitrogen and oxygen atoms in total. The second-order valence-corrected chi connectivity index (χ2v) is 13.8. The molecule has 0 aliphatic carbocycles. The number of allylic oxidation sites excluding steroid dienone is 4. The molecule has 0 fully saturated rings. The molecule has 4 aromatic rings. The highest BCUT2D eigenvalue weighted by molar-refractivity contribution is 5.91. The number of unbranched alkanes of at least 4 members (excludes halogenated alkanes) is 4. The van der Waals surface area contributed by atoms with Crippen LogP contribution >= 0.6 is 0 Å². The quantitative estimate of drug-likeness (QED) is 0.0994. The Bertz CT molecular complexity index is 1540. The van der Waals surface area contributed by atoms with Gasteiger partial charge in [0.15, 0.2) is 0 Å². The lowest BCUT2D eigenvalue weighted by Gasteiger charge is -2.25. The molecule has 0 aliphatic rings. The van der Waals surface area contributed by atoms with E-state index in [0.717, 1.165) is 37.6 Å². The maximum atomic E-state index is 4.76. The summed E-state index contributed by atoms with van der Waals surface area (Å²) in [6, 6.07) is 26.9. The Kier molecular flexibility index (Phi) is 15.3. The second kappa shape index (κ2) is 19.9. The molecule has 0 atom stereocenters. The van der Waals surface area contributed by atoms with Crippen molar-refractivity contribution in [3.63, 3.8) is 0 Å². The van der Waals surface area contributed by atoms with Crippen LogP contribution in [-0.2, 0) is 0 Å². The van der Waals surface area contributed by atoms with E-state index >= 15 is 0 Å². The van der Waals surface area contributed by atoms with Crippen LogP contribution in [0.2, 0.25) is 0 Å². The normalized spacial score (nSPS) is 12.4. The van der Waals surface area contributed by atoms with Crippen molar-refractivity contribution in [2.24, 2.45) is 0 Å². The lowest BCUT2D eigenvalue weighted by Crippen LogP contribution is -2.25. The van der Waals surface area contributed by atoms with Crippen LogP contribution in [0.4, 0.5) is 11.4 Å². The van der Waals surface area contributed by atoms with Crippen LogP contribution in [0.1, 0.15) is 129 Å². The molecule has 0 saturated carbocycles. The zero-order valence-corrected chi connectivity index (χ0v) is 32.4. The van der Waals surface area contributed by atoms with Crippen molar-refractivity contribution >= 4 is 33.7 Å². The highest BCUT2D eigenvalue weighted by atomic mass is 15.1. The number of rotatable bonds is 19. The molecule has 0 amide bonds. The van der Waals surface area contributed by atoms with Crippen LogP contribution in [0.25, 0.3) is 33.7 Å². The Morgan fingerprint density at radius 2 is 0.720 bits per heavy atom. The minimum Gasteiger partial charge on any atom is -0.372 e. The third kappa shape index (κ3) is 10.4. The molecule has 4 heteroatoms. The summed E-state index contributed by atoms with van der Waals surface area (Å²) in [6.45, 7) is 22.5. The van der Waals surface area contributed by atoms with Gasteiger partial charge in [-0.2, -0.15) is 0 Å². The van der Waals surface area contributed by atoms with Crippen LogP contribution in [0.15, 0.2) is 85.2 Å². The van der Waals surface area contributed by atoms with E-state index in [0.29, 0.717) is 0 Å². The fourth-order valence-corrected chi connectivity index (χ4v) is 6.45. The average molecular weight is 671 g/mol. The van der Waals surface area contributed by atoms with Gasteiger partial charge in [-0.05, 0) is 146 Å². The van der Waals surface area contributed by atoms with E-state index in [-0.39, 0.29) is 0 Å². The molecule has 0 bridgehead atoms. The molecule has 266 valence electrons. The predicted octanol–water partition coefficient (Wildman–Crippen LogP) is 12.9. The summed E-state index contributed by atoms with van der Waals surface area (Å²) in [5.74, 6) is 0. The molecular weight excluding hydrogens is 609 g/mol. The largest absolute Gasteiger partial charge is 0.372 e. The predicted molar refractivity (Wildman–Crippen MR) is 221 cm³/mol. The van der Waals surface area contributed by atoms with E-state index in [1.54, 1.807) is 0 Å². The van der Waals surface area contributed by atoms with Crippen molar-refractivity contribution in [1.29, 1.82) is 0 Å². The summed E-state index contributed by atoms with van der Waals surface area (Å²) in [5, 5.41) is 0. The fourth-order valence-electron chi connectivity index (χ4n) is 6.45. The number of hydrogen-bond acceptors (Lipinski definition) is 4. The topological polar surface area (TPSA) is 32.3 Å². The molecule has 0 unspecified atom stereocenters. The van der Waals surface area contributed by atoms with Gasteiger partial charge in [-0.25, -0.2) is 0 Å². The number of pyridine rings is 2. The molecular formula is C46H62N4. The highest BCUT2D eigenvalue weighted by Gasteiger charge is 2.12. The molecule has 2 aromatic heterocycles. The van der Waals surface area contributed by atoms with E-state index in [1.165, 1.54) is 107 Å². The van der Waals surface area contributed by atoms with Crippen molar-refractivity contribution in [3.05, 3.63) is 107 Å². The van der Waals surface area contributed by atoms with Gasteiger partial charge in [0.25, 0.3) is 0 Å². The molecule has 0 aliphatic heterocycles. The van der Waals surface area contributed by atoms with Crippen LogP contribution in [0, 0.1) is 0 Å². The summed E-state index contributed by atoms with van der Waals surface area (Å²) in [4.78, 5) is 14.6. The second-order valence-electron chi connectivity index (χ2n) is 13.8. The van der Waals surface area contributed by atoms with E-state index in [1.807, 2.05) is 12.4 Å². The average Bonchev–Trinajstić information content (AvgIpc) is 3.17. The maximum absolute atomic E-state index is 4.76. The first kappa shape index (κ1) is 38.6. The van der Waals surface area contributed by atoms with Gasteiger partial charge in [0.1, 0.15) is 0 Å². The summed E-state index contributed by atoms with van der Waals surface area (Å²) in [5.41, 5.74) is 14.4. The maximum Gasteiger partial charge on any atom is 0.0892 e. The molecule has 2 aromatic carbocycles. The van der Waals surface area contributed by atoms with E-state index in [2.05, 4.69) is 138 Å². The minimum absolute atomic E-state index is 0.892. The van der Waals surface area contributed by atoms with Crippen LogP contribution < -0.4 is 9.80 Å². The molecule has 0 radical (unpaired) electrons. The van der Waals surface area contributed by atoms with E-state index in [9.17, 15) is 0 Å². The molecule has 0 saturated heterocycles. The van der Waals surface area contributed by atoms with Crippen LogP contribution in [0.5, 0.6) is 0 Å². The monoisotopic (exact) mass is 670 g/mol. The number of hydrogen-bond donors (Lipinski definition) is 0. The molecule has 4 rings (SSSR count). The third-order valence-corrected chi connectivity index (χ3v) is 10.2. The number of nitrogens with zero attached hydrogens (tertiary/aromatic N) is 4. The molecule has 50 heavy (non-hydrogen) atoms. The Balaban J connectivity index is 1.55. The van der Waals surface area contributed by atoms with Gasteiger partial charge in [0, 0.05) is 49.9 Å². The van der Waals surface area contributed by atoms with Crippen molar-refractivity contribution in [2.45, 2.75) is 107 Å². The highest BCUT2D eigenvalue weighted by Crippen LogP contribution is 2.32. The Labute approximate surface area is 304 Å². The molecule has 0 N–H and O–H groups in total. The Morgan fingerprint density at radius 1 is 0.420 bits per heavy atom. The minimum atomic E-state index is 0.892. The lowest BCUT2D eigenvalue weighted by atomic mass is 9.95. The van der Waals surface area contributed by atoms with Crippen molar-refractivity contribution in [2.75, 3.05) is 36.0 Å². The lowest BCUT2D eigenvalue weighted by molar-refractivity contribution is 0.678. The molecule has 0 spiro atoms. The number of anilines is 2. The third-order valence-electron chi connectivity index (χ3n) is 10.2. The number of aromatic nitrogens is 2. The zero-order valence-electron chi connectivity index (χ0n) is 32.4.